The van der Waals surface area contributed by atoms with E-state index in [0.29, 0.717) is 5.56 Å². The first-order valence-electron chi connectivity index (χ1n) is 4.28. The Balaban J connectivity index is 2.65. The van der Waals surface area contributed by atoms with Crippen molar-refractivity contribution in [3.8, 4) is 0 Å². The van der Waals surface area contributed by atoms with Crippen molar-refractivity contribution in [1.82, 2.24) is 5.32 Å². The van der Waals surface area contributed by atoms with Crippen LogP contribution in [0, 0.1) is 0 Å². The van der Waals surface area contributed by atoms with E-state index in [1.54, 1.807) is 10.8 Å². The summed E-state index contributed by atoms with van der Waals surface area (Å²) >= 11 is 1.29. The third-order valence-corrected chi connectivity index (χ3v) is 2.45. The molecule has 16 heavy (non-hydrogen) atoms. The maximum Gasteiger partial charge on any atom is 0.326 e. The van der Waals surface area contributed by atoms with Crippen LogP contribution >= 0.6 is 11.3 Å². The van der Waals surface area contributed by atoms with Crippen LogP contribution in [-0.2, 0) is 9.59 Å². The minimum atomic E-state index is -1.41. The highest BCUT2D eigenvalue weighted by molar-refractivity contribution is 7.08. The van der Waals surface area contributed by atoms with Crippen molar-refractivity contribution in [2.24, 2.45) is 0 Å². The summed E-state index contributed by atoms with van der Waals surface area (Å²) in [4.78, 5) is 32.5. The van der Waals surface area contributed by atoms with Gasteiger partial charge in [-0.15, -0.1) is 0 Å². The van der Waals surface area contributed by atoms with Crippen molar-refractivity contribution in [3.63, 3.8) is 0 Å². The molecule has 1 amide bonds. The van der Waals surface area contributed by atoms with Crippen molar-refractivity contribution < 1.29 is 24.6 Å². The van der Waals surface area contributed by atoms with Crippen molar-refractivity contribution in [2.75, 3.05) is 0 Å². The second-order valence-corrected chi connectivity index (χ2v) is 3.75. The normalized spacial score (nSPS) is 11.8. The van der Waals surface area contributed by atoms with Gasteiger partial charge in [0.25, 0.3) is 5.91 Å². The fraction of sp³-hybridized carbons (Fsp3) is 0.222. The van der Waals surface area contributed by atoms with Gasteiger partial charge in [0.05, 0.1) is 12.0 Å². The van der Waals surface area contributed by atoms with Crippen molar-refractivity contribution in [2.45, 2.75) is 12.5 Å². The lowest BCUT2D eigenvalue weighted by molar-refractivity contribution is -0.145. The number of nitrogens with one attached hydrogen (secondary N) is 1. The zero-order valence-electron chi connectivity index (χ0n) is 8.04. The molecule has 0 fully saturated rings. The third-order valence-electron chi connectivity index (χ3n) is 1.77. The lowest BCUT2D eigenvalue weighted by atomic mass is 10.2. The number of carbonyl (C=O) groups is 3. The molecule has 0 aliphatic rings. The molecule has 0 aliphatic carbocycles. The number of hydrogen-bond acceptors (Lipinski definition) is 4. The van der Waals surface area contributed by atoms with Crippen LogP contribution in [0.1, 0.15) is 16.8 Å². The van der Waals surface area contributed by atoms with E-state index in [1.165, 1.54) is 17.4 Å². The average molecular weight is 243 g/mol. The molecular formula is C9H9NO5S. The predicted molar refractivity (Wildman–Crippen MR) is 55.5 cm³/mol. The maximum atomic E-state index is 11.4. The van der Waals surface area contributed by atoms with Gasteiger partial charge < -0.3 is 15.5 Å². The summed E-state index contributed by atoms with van der Waals surface area (Å²) in [6, 6.07) is 0.115. The van der Waals surface area contributed by atoms with Gasteiger partial charge in [-0.25, -0.2) is 4.79 Å². The van der Waals surface area contributed by atoms with Gasteiger partial charge in [-0.1, -0.05) is 0 Å². The monoisotopic (exact) mass is 243 g/mol. The van der Waals surface area contributed by atoms with Gasteiger partial charge in [0.15, 0.2) is 0 Å². The Bertz CT molecular complexity index is 400. The molecule has 7 heteroatoms. The Morgan fingerprint density at radius 3 is 2.50 bits per heavy atom. The number of rotatable bonds is 5. The molecule has 1 atom stereocenters. The molecule has 1 rings (SSSR count). The molecule has 0 bridgehead atoms. The number of aliphatic carboxylic acids is 2. The molecule has 86 valence electrons. The first kappa shape index (κ1) is 12.2. The van der Waals surface area contributed by atoms with Gasteiger partial charge in [-0.2, -0.15) is 11.3 Å². The summed E-state index contributed by atoms with van der Waals surface area (Å²) in [7, 11) is 0. The first-order valence-corrected chi connectivity index (χ1v) is 5.22. The Labute approximate surface area is 94.5 Å². The van der Waals surface area contributed by atoms with Crippen LogP contribution in [0.4, 0.5) is 0 Å². The largest absolute Gasteiger partial charge is 0.481 e. The van der Waals surface area contributed by atoms with Crippen molar-refractivity contribution in [1.29, 1.82) is 0 Å². The molecule has 3 N–H and O–H groups in total. The molecule has 0 aromatic carbocycles. The van der Waals surface area contributed by atoms with Crippen LogP contribution in [0.15, 0.2) is 16.8 Å². The predicted octanol–water partition coefficient (Wildman–Crippen LogP) is 0.406. The molecule has 0 unspecified atom stereocenters. The van der Waals surface area contributed by atoms with Gasteiger partial charge >= 0.3 is 11.9 Å². The standard InChI is InChI=1S/C9H9NO5S/c11-7(12)3-6(9(14)15)10-8(13)5-1-2-16-4-5/h1-2,4,6H,3H2,(H,10,13)(H,11,12)(H,14,15)/t6-/m1/s1. The second kappa shape index (κ2) is 5.26. The Morgan fingerprint density at radius 1 is 1.38 bits per heavy atom. The number of thiophene rings is 1. The van der Waals surface area contributed by atoms with Gasteiger partial charge in [-0.3, -0.25) is 9.59 Å². The highest BCUT2D eigenvalue weighted by Crippen LogP contribution is 2.06. The van der Waals surface area contributed by atoms with E-state index in [0.717, 1.165) is 0 Å². The van der Waals surface area contributed by atoms with E-state index in [2.05, 4.69) is 5.32 Å². The minimum Gasteiger partial charge on any atom is -0.481 e. The van der Waals surface area contributed by atoms with Crippen molar-refractivity contribution >= 4 is 29.2 Å². The lowest BCUT2D eigenvalue weighted by Crippen LogP contribution is -2.42. The van der Waals surface area contributed by atoms with Gasteiger partial charge in [0.1, 0.15) is 6.04 Å². The van der Waals surface area contributed by atoms with E-state index in [4.69, 9.17) is 10.2 Å². The lowest BCUT2D eigenvalue weighted by Gasteiger charge is -2.11. The van der Waals surface area contributed by atoms with E-state index < -0.39 is 30.3 Å². The van der Waals surface area contributed by atoms with Gasteiger partial charge in [0, 0.05) is 5.38 Å². The molecule has 0 saturated carbocycles. The molecule has 1 aromatic rings. The van der Waals surface area contributed by atoms with Crippen LogP contribution in [0.3, 0.4) is 0 Å². The van der Waals surface area contributed by atoms with Gasteiger partial charge in [-0.05, 0) is 11.4 Å². The number of amides is 1. The summed E-state index contributed by atoms with van der Waals surface area (Å²) in [5.41, 5.74) is 0.321. The Morgan fingerprint density at radius 2 is 2.06 bits per heavy atom. The fourth-order valence-electron chi connectivity index (χ4n) is 1.01. The molecule has 1 aromatic heterocycles. The molecule has 1 heterocycles. The highest BCUT2D eigenvalue weighted by Gasteiger charge is 2.23. The SMILES string of the molecule is O=C(O)C[C@@H](NC(=O)c1ccsc1)C(=O)O. The van der Waals surface area contributed by atoms with Crippen LogP contribution < -0.4 is 5.32 Å². The summed E-state index contributed by atoms with van der Waals surface area (Å²) in [6.07, 6.45) is -0.648. The number of carboxylic acid groups (broad SMARTS) is 2. The summed E-state index contributed by atoms with van der Waals surface area (Å²) in [5.74, 6) is -3.24. The van der Waals surface area contributed by atoms with Gasteiger partial charge in [0.2, 0.25) is 0 Å². The van der Waals surface area contributed by atoms with E-state index in [1.807, 2.05) is 0 Å². The fourth-order valence-corrected chi connectivity index (χ4v) is 1.65. The van der Waals surface area contributed by atoms with E-state index >= 15 is 0 Å². The molecule has 0 radical (unpaired) electrons. The smallest absolute Gasteiger partial charge is 0.326 e. The summed E-state index contributed by atoms with van der Waals surface area (Å²) in [5, 5.41) is 22.5. The van der Waals surface area contributed by atoms with Crippen LogP contribution in [0.25, 0.3) is 0 Å². The maximum absolute atomic E-state index is 11.4. The van der Waals surface area contributed by atoms with Crippen LogP contribution in [0.2, 0.25) is 0 Å². The highest BCUT2D eigenvalue weighted by atomic mass is 32.1. The quantitative estimate of drug-likeness (QED) is 0.694. The van der Waals surface area contributed by atoms with Crippen LogP contribution in [0.5, 0.6) is 0 Å². The molecular weight excluding hydrogens is 234 g/mol. The summed E-state index contributed by atoms with van der Waals surface area (Å²) in [6.45, 7) is 0. The van der Waals surface area contributed by atoms with Crippen LogP contribution in [-0.4, -0.2) is 34.1 Å². The average Bonchev–Trinajstić information content (AvgIpc) is 2.68. The molecule has 6 nitrogen and oxygen atoms in total. The van der Waals surface area contributed by atoms with E-state index in [9.17, 15) is 14.4 Å². The molecule has 0 spiro atoms. The first-order chi connectivity index (χ1) is 7.50. The zero-order valence-corrected chi connectivity index (χ0v) is 8.86. The minimum absolute atomic E-state index is 0.321. The summed E-state index contributed by atoms with van der Waals surface area (Å²) < 4.78 is 0. The number of hydrogen-bond donors (Lipinski definition) is 3. The molecule has 0 aliphatic heterocycles. The van der Waals surface area contributed by atoms with Crippen molar-refractivity contribution in [3.05, 3.63) is 22.4 Å². The Hall–Kier alpha value is -1.89. The second-order valence-electron chi connectivity index (χ2n) is 2.97. The molecule has 0 saturated heterocycles. The third kappa shape index (κ3) is 3.35. The number of carboxylic acids is 2. The van der Waals surface area contributed by atoms with E-state index in [-0.39, 0.29) is 0 Å². The topological polar surface area (TPSA) is 104 Å². The number of carbonyl (C=O) groups excluding carboxylic acids is 1. The zero-order chi connectivity index (χ0) is 12.1. The Kier molecular flexibility index (Phi) is 4.01.